The van der Waals surface area contributed by atoms with E-state index in [4.69, 9.17) is 0 Å². The van der Waals surface area contributed by atoms with Crippen LogP contribution >= 0.6 is 0 Å². The van der Waals surface area contributed by atoms with Crippen molar-refractivity contribution < 1.29 is 13.2 Å². The van der Waals surface area contributed by atoms with Crippen LogP contribution in [-0.4, -0.2) is 20.2 Å². The molecule has 1 saturated carbocycles. The summed E-state index contributed by atoms with van der Waals surface area (Å²) in [6.07, 6.45) is 0.999. The Morgan fingerprint density at radius 1 is 1.75 bits per heavy atom. The van der Waals surface area contributed by atoms with Gasteiger partial charge in [-0.2, -0.15) is 0 Å². The van der Waals surface area contributed by atoms with Crippen molar-refractivity contribution in [3.8, 4) is 0 Å². The zero-order chi connectivity index (χ0) is 6.20. The van der Waals surface area contributed by atoms with E-state index < -0.39 is 22.5 Å². The van der Waals surface area contributed by atoms with Crippen LogP contribution in [-0.2, 0) is 11.1 Å². The third-order valence-corrected chi connectivity index (χ3v) is 2.63. The van der Waals surface area contributed by atoms with E-state index >= 15 is 0 Å². The van der Waals surface area contributed by atoms with Crippen LogP contribution in [0, 0.1) is 0 Å². The summed E-state index contributed by atoms with van der Waals surface area (Å²) in [5, 5.41) is 0. The number of rotatable bonds is 2. The molecule has 0 amide bonds. The molecule has 0 aromatic heterocycles. The summed E-state index contributed by atoms with van der Waals surface area (Å²) in [6, 6.07) is 0. The number of halogens is 1. The third-order valence-electron chi connectivity index (χ3n) is 1.40. The molecular weight excluding hydrogens is 131 g/mol. The van der Waals surface area contributed by atoms with Crippen LogP contribution in [0.25, 0.3) is 0 Å². The lowest BCUT2D eigenvalue weighted by molar-refractivity contribution is 0.442. The maximum absolute atomic E-state index is 11.7. The maximum Gasteiger partial charge on any atom is 0.105 e. The van der Waals surface area contributed by atoms with Crippen molar-refractivity contribution in [2.45, 2.75) is 17.6 Å². The summed E-state index contributed by atoms with van der Waals surface area (Å²) >= 11 is -2.19. The van der Waals surface area contributed by atoms with Gasteiger partial charge in [-0.25, -0.2) is 4.39 Å². The molecule has 4 heteroatoms. The molecule has 0 N–H and O–H groups in total. The number of hydrogen-bond donors (Lipinski definition) is 0. The van der Waals surface area contributed by atoms with Gasteiger partial charge in [0.25, 0.3) is 0 Å². The lowest BCUT2D eigenvalue weighted by Crippen LogP contribution is -2.17. The van der Waals surface area contributed by atoms with Gasteiger partial charge in [0, 0.05) is 0 Å². The first kappa shape index (κ1) is 6.16. The fourth-order valence-electron chi connectivity index (χ4n) is 0.484. The summed E-state index contributed by atoms with van der Waals surface area (Å²) in [7, 11) is 0. The third kappa shape index (κ3) is 0.778. The second-order valence-electron chi connectivity index (χ2n) is 2.05. The highest BCUT2D eigenvalue weighted by molar-refractivity contribution is 7.81. The van der Waals surface area contributed by atoms with Crippen LogP contribution in [0.5, 0.6) is 0 Å². The average molecular weight is 137 g/mol. The molecule has 0 aromatic rings. The zero-order valence-corrected chi connectivity index (χ0v) is 5.04. The fourth-order valence-corrected chi connectivity index (χ4v) is 1.01. The second-order valence-corrected chi connectivity index (χ2v) is 3.39. The first-order chi connectivity index (χ1) is 3.71. The molecule has 1 rings (SSSR count). The lowest BCUT2D eigenvalue weighted by atomic mass is 10.5. The molecule has 0 saturated heterocycles. The molecule has 0 radical (unpaired) electrons. The van der Waals surface area contributed by atoms with Crippen molar-refractivity contribution in [3.63, 3.8) is 0 Å². The molecule has 2 nitrogen and oxygen atoms in total. The molecule has 1 fully saturated rings. The zero-order valence-electron chi connectivity index (χ0n) is 4.22. The van der Waals surface area contributed by atoms with Crippen LogP contribution in [0.15, 0.2) is 0 Å². The minimum Gasteiger partial charge on any atom is -0.772 e. The summed E-state index contributed by atoms with van der Waals surface area (Å²) in [4.78, 5) is 0. The minimum absolute atomic E-state index is 0.500. The molecule has 1 aliphatic carbocycles. The number of alkyl halides is 1. The van der Waals surface area contributed by atoms with Crippen molar-refractivity contribution in [2.75, 3.05) is 6.67 Å². The van der Waals surface area contributed by atoms with Gasteiger partial charge < -0.3 is 4.55 Å². The van der Waals surface area contributed by atoms with E-state index in [1.807, 2.05) is 0 Å². The van der Waals surface area contributed by atoms with Crippen molar-refractivity contribution >= 4 is 11.1 Å². The van der Waals surface area contributed by atoms with E-state index in [1.165, 1.54) is 0 Å². The molecule has 1 aliphatic rings. The fraction of sp³-hybridized carbons (Fsp3) is 1.00. The standard InChI is InChI=1S/C4H7FO2S/c5-3-4(1-2-4)8(6)7/h1-3H2,(H,6,7)/p-1. The molecular formula is C4H6FO2S-. The van der Waals surface area contributed by atoms with Gasteiger partial charge in [0.05, 0.1) is 4.75 Å². The Kier molecular flexibility index (Phi) is 1.37. The smallest absolute Gasteiger partial charge is 0.105 e. The van der Waals surface area contributed by atoms with Crippen molar-refractivity contribution in [1.82, 2.24) is 0 Å². The van der Waals surface area contributed by atoms with E-state index in [1.54, 1.807) is 0 Å². The molecule has 0 aromatic carbocycles. The molecule has 0 spiro atoms. The molecule has 8 heavy (non-hydrogen) atoms. The van der Waals surface area contributed by atoms with Gasteiger partial charge in [-0.3, -0.25) is 4.21 Å². The highest BCUT2D eigenvalue weighted by atomic mass is 32.2. The molecule has 0 heterocycles. The Morgan fingerprint density at radius 3 is 2.25 bits per heavy atom. The molecule has 1 atom stereocenters. The Morgan fingerprint density at radius 2 is 2.25 bits per heavy atom. The lowest BCUT2D eigenvalue weighted by Gasteiger charge is -2.12. The van der Waals surface area contributed by atoms with E-state index in [0.29, 0.717) is 12.8 Å². The molecule has 0 bridgehead atoms. The van der Waals surface area contributed by atoms with Crippen LogP contribution in [0.4, 0.5) is 4.39 Å². The highest BCUT2D eigenvalue weighted by Gasteiger charge is 2.44. The van der Waals surface area contributed by atoms with E-state index in [2.05, 4.69) is 0 Å². The summed E-state index contributed by atoms with van der Waals surface area (Å²) < 4.78 is 30.9. The van der Waals surface area contributed by atoms with Crippen LogP contribution in [0.1, 0.15) is 12.8 Å². The Balaban J connectivity index is 2.53. The number of hydrogen-bond acceptors (Lipinski definition) is 2. The van der Waals surface area contributed by atoms with Gasteiger partial charge in [-0.15, -0.1) is 0 Å². The first-order valence-electron chi connectivity index (χ1n) is 2.37. The van der Waals surface area contributed by atoms with Crippen molar-refractivity contribution in [1.29, 1.82) is 0 Å². The Labute approximate surface area is 49.4 Å². The van der Waals surface area contributed by atoms with Crippen molar-refractivity contribution in [2.24, 2.45) is 0 Å². The van der Waals surface area contributed by atoms with Gasteiger partial charge in [0.15, 0.2) is 0 Å². The van der Waals surface area contributed by atoms with Gasteiger partial charge in [0.2, 0.25) is 0 Å². The largest absolute Gasteiger partial charge is 0.772 e. The van der Waals surface area contributed by atoms with E-state index in [9.17, 15) is 13.2 Å². The quantitative estimate of drug-likeness (QED) is 0.516. The van der Waals surface area contributed by atoms with Gasteiger partial charge >= 0.3 is 0 Å². The maximum atomic E-state index is 11.7. The van der Waals surface area contributed by atoms with Crippen LogP contribution in [0.3, 0.4) is 0 Å². The van der Waals surface area contributed by atoms with Crippen LogP contribution < -0.4 is 0 Å². The van der Waals surface area contributed by atoms with Gasteiger partial charge in [-0.1, -0.05) is 0 Å². The summed E-state index contributed by atoms with van der Waals surface area (Å²) in [5.41, 5.74) is 0. The normalized spacial score (nSPS) is 27.2. The second kappa shape index (κ2) is 1.77. The topological polar surface area (TPSA) is 40.1 Å². The van der Waals surface area contributed by atoms with E-state index in [0.717, 1.165) is 0 Å². The van der Waals surface area contributed by atoms with Gasteiger partial charge in [0.1, 0.15) is 6.67 Å². The van der Waals surface area contributed by atoms with Gasteiger partial charge in [-0.05, 0) is 23.9 Å². The predicted molar refractivity (Wildman–Crippen MR) is 26.9 cm³/mol. The van der Waals surface area contributed by atoms with E-state index in [-0.39, 0.29) is 0 Å². The summed E-state index contributed by atoms with van der Waals surface area (Å²) in [6.45, 7) is -0.719. The highest BCUT2D eigenvalue weighted by Crippen LogP contribution is 2.40. The SMILES string of the molecule is O=S([O-])C1(CF)CC1. The average Bonchev–Trinajstić information content (AvgIpc) is 2.44. The Bertz CT molecular complexity index is 121. The first-order valence-corrected chi connectivity index (χ1v) is 3.44. The van der Waals surface area contributed by atoms with Crippen LogP contribution in [0.2, 0.25) is 0 Å². The minimum atomic E-state index is -2.19. The predicted octanol–water partition coefficient (Wildman–Crippen LogP) is 0.368. The molecule has 0 aliphatic heterocycles. The van der Waals surface area contributed by atoms with Crippen molar-refractivity contribution in [3.05, 3.63) is 0 Å². The summed E-state index contributed by atoms with van der Waals surface area (Å²) in [5.74, 6) is 0. The monoisotopic (exact) mass is 137 g/mol. The Hall–Kier alpha value is 0.0400. The molecule has 1 unspecified atom stereocenters. The molecule has 48 valence electrons.